The molecule has 1 saturated carbocycles. The summed E-state index contributed by atoms with van der Waals surface area (Å²) >= 11 is 3.28. The van der Waals surface area contributed by atoms with Crippen molar-refractivity contribution in [2.45, 2.75) is 58.2 Å². The Bertz CT molecular complexity index is 688. The molecule has 2 aliphatic rings. The molecule has 1 aromatic heterocycles. The van der Waals surface area contributed by atoms with Crippen molar-refractivity contribution in [2.24, 2.45) is 5.41 Å². The van der Waals surface area contributed by atoms with Crippen LogP contribution in [0.3, 0.4) is 0 Å². The Labute approximate surface area is 150 Å². The summed E-state index contributed by atoms with van der Waals surface area (Å²) in [5.74, 6) is 0.240. The van der Waals surface area contributed by atoms with Gasteiger partial charge in [-0.15, -0.1) is 0 Å². The molecule has 3 atom stereocenters. The number of aromatic nitrogens is 1. The standard InChI is InChI=1S/C17H22BrN3O3/c1-16(2,3)24-15(23)21-10(8-17(4)9-11(17)21)14(22)20-13-7-5-6-12(18)19-13/h5-7,10-11H,8-9H2,1-4H3,(H,19,20,22)/t10-,11+,17-/m0/s1. The zero-order valence-corrected chi connectivity index (χ0v) is 15.9. The van der Waals surface area contributed by atoms with Gasteiger partial charge in [0.2, 0.25) is 5.91 Å². The molecule has 6 nitrogen and oxygen atoms in total. The van der Waals surface area contributed by atoms with Crippen LogP contribution in [0.2, 0.25) is 0 Å². The van der Waals surface area contributed by atoms with Gasteiger partial charge in [-0.25, -0.2) is 9.78 Å². The molecule has 2 amide bonds. The highest BCUT2D eigenvalue weighted by molar-refractivity contribution is 9.10. The second-order valence-electron chi connectivity index (χ2n) is 7.82. The van der Waals surface area contributed by atoms with Crippen LogP contribution in [0.4, 0.5) is 10.6 Å². The third kappa shape index (κ3) is 3.41. The Morgan fingerprint density at radius 3 is 2.71 bits per heavy atom. The Morgan fingerprint density at radius 2 is 2.08 bits per heavy atom. The maximum atomic E-state index is 12.7. The van der Waals surface area contributed by atoms with Gasteiger partial charge in [-0.1, -0.05) is 13.0 Å². The number of piperidine rings is 1. The summed E-state index contributed by atoms with van der Waals surface area (Å²) in [6.07, 6.45) is 1.15. The van der Waals surface area contributed by atoms with Crippen LogP contribution in [0.15, 0.2) is 22.8 Å². The lowest BCUT2D eigenvalue weighted by Crippen LogP contribution is -2.47. The molecular formula is C17H22BrN3O3. The first-order valence-corrected chi connectivity index (χ1v) is 8.83. The molecule has 0 aromatic carbocycles. The summed E-state index contributed by atoms with van der Waals surface area (Å²) in [7, 11) is 0. The number of likely N-dealkylation sites (tertiary alicyclic amines) is 1. The summed E-state index contributed by atoms with van der Waals surface area (Å²) in [6, 6.07) is 4.86. The van der Waals surface area contributed by atoms with Crippen LogP contribution >= 0.6 is 15.9 Å². The molecule has 130 valence electrons. The summed E-state index contributed by atoms with van der Waals surface area (Å²) in [4.78, 5) is 31.1. The number of nitrogens with one attached hydrogen (secondary N) is 1. The summed E-state index contributed by atoms with van der Waals surface area (Å²) in [5.41, 5.74) is -0.568. The van der Waals surface area contributed by atoms with Crippen molar-refractivity contribution < 1.29 is 14.3 Å². The Balaban J connectivity index is 1.75. The van der Waals surface area contributed by atoms with E-state index in [1.165, 1.54) is 0 Å². The van der Waals surface area contributed by atoms with E-state index < -0.39 is 17.7 Å². The monoisotopic (exact) mass is 395 g/mol. The van der Waals surface area contributed by atoms with Crippen LogP contribution in [0, 0.1) is 5.41 Å². The number of rotatable bonds is 2. The SMILES string of the molecule is CC(C)(C)OC(=O)N1[C@H](C(=O)Nc2cccc(Br)n2)C[C@@]2(C)C[C@@H]12. The third-order valence-electron chi connectivity index (χ3n) is 4.51. The maximum absolute atomic E-state index is 12.7. The molecular weight excluding hydrogens is 374 g/mol. The Morgan fingerprint density at radius 1 is 1.38 bits per heavy atom. The van der Waals surface area contributed by atoms with E-state index in [9.17, 15) is 9.59 Å². The molecule has 3 rings (SSSR count). The minimum atomic E-state index is -0.585. The molecule has 2 heterocycles. The van der Waals surface area contributed by atoms with Crippen molar-refractivity contribution in [2.75, 3.05) is 5.32 Å². The van der Waals surface area contributed by atoms with E-state index in [-0.39, 0.29) is 17.4 Å². The van der Waals surface area contributed by atoms with Gasteiger partial charge in [0.1, 0.15) is 22.1 Å². The molecule has 0 bridgehead atoms. The molecule has 0 unspecified atom stereocenters. The van der Waals surface area contributed by atoms with E-state index >= 15 is 0 Å². The second-order valence-corrected chi connectivity index (χ2v) is 8.63. The zero-order valence-electron chi connectivity index (χ0n) is 14.3. The van der Waals surface area contributed by atoms with E-state index in [0.717, 1.165) is 6.42 Å². The Hall–Kier alpha value is -1.63. The molecule has 1 saturated heterocycles. The minimum Gasteiger partial charge on any atom is -0.444 e. The lowest BCUT2D eigenvalue weighted by atomic mass is 10.0. The van der Waals surface area contributed by atoms with Crippen molar-refractivity contribution in [3.05, 3.63) is 22.8 Å². The van der Waals surface area contributed by atoms with Crippen LogP contribution in [0.25, 0.3) is 0 Å². The fourth-order valence-corrected chi connectivity index (χ4v) is 3.61. The lowest BCUT2D eigenvalue weighted by molar-refractivity contribution is -0.121. The van der Waals surface area contributed by atoms with Gasteiger partial charge < -0.3 is 10.1 Å². The lowest BCUT2D eigenvalue weighted by Gasteiger charge is -2.29. The number of carbonyl (C=O) groups is 2. The van der Waals surface area contributed by atoms with Crippen molar-refractivity contribution in [3.8, 4) is 0 Å². The predicted octanol–water partition coefficient (Wildman–Crippen LogP) is 3.57. The average molecular weight is 396 g/mol. The summed E-state index contributed by atoms with van der Waals surface area (Å²) < 4.78 is 6.14. The maximum Gasteiger partial charge on any atom is 0.411 e. The molecule has 1 N–H and O–H groups in total. The fourth-order valence-electron chi connectivity index (χ4n) is 3.27. The predicted molar refractivity (Wildman–Crippen MR) is 93.6 cm³/mol. The van der Waals surface area contributed by atoms with Gasteiger partial charge in [0.25, 0.3) is 0 Å². The topological polar surface area (TPSA) is 71.5 Å². The molecule has 1 aromatic rings. The quantitative estimate of drug-likeness (QED) is 0.776. The normalized spacial score (nSPS) is 28.3. The molecule has 0 radical (unpaired) electrons. The van der Waals surface area contributed by atoms with E-state index in [2.05, 4.69) is 33.2 Å². The van der Waals surface area contributed by atoms with Gasteiger partial charge in [-0.2, -0.15) is 0 Å². The molecule has 1 aliphatic heterocycles. The fraction of sp³-hybridized carbons (Fsp3) is 0.588. The average Bonchev–Trinajstić information content (AvgIpc) is 2.98. The second kappa shape index (κ2) is 5.72. The number of fused-ring (bicyclic) bond motifs is 1. The molecule has 1 aliphatic carbocycles. The highest BCUT2D eigenvalue weighted by Gasteiger charge is 2.65. The summed E-state index contributed by atoms with van der Waals surface area (Å²) in [5, 5.41) is 2.80. The molecule has 0 spiro atoms. The van der Waals surface area contributed by atoms with Crippen LogP contribution in [0.1, 0.15) is 40.5 Å². The van der Waals surface area contributed by atoms with Crippen molar-refractivity contribution in [1.82, 2.24) is 9.88 Å². The van der Waals surface area contributed by atoms with Gasteiger partial charge in [-0.3, -0.25) is 9.69 Å². The minimum absolute atomic E-state index is 0.0175. The van der Waals surface area contributed by atoms with E-state index in [4.69, 9.17) is 4.74 Å². The number of halogens is 1. The third-order valence-corrected chi connectivity index (χ3v) is 4.95. The number of nitrogens with zero attached hydrogens (tertiary/aromatic N) is 2. The number of anilines is 1. The van der Waals surface area contributed by atoms with Crippen LogP contribution < -0.4 is 5.32 Å². The van der Waals surface area contributed by atoms with Gasteiger partial charge in [0, 0.05) is 6.04 Å². The number of pyridine rings is 1. The first kappa shape index (κ1) is 17.2. The van der Waals surface area contributed by atoms with Gasteiger partial charge in [0.05, 0.1) is 0 Å². The van der Waals surface area contributed by atoms with Crippen LogP contribution in [-0.2, 0) is 9.53 Å². The first-order chi connectivity index (χ1) is 11.1. The highest BCUT2D eigenvalue weighted by Crippen LogP contribution is 2.59. The number of ether oxygens (including phenoxy) is 1. The highest BCUT2D eigenvalue weighted by atomic mass is 79.9. The molecule has 2 fully saturated rings. The van der Waals surface area contributed by atoms with Crippen molar-refractivity contribution >= 4 is 33.7 Å². The first-order valence-electron chi connectivity index (χ1n) is 8.04. The van der Waals surface area contributed by atoms with Gasteiger partial charge >= 0.3 is 6.09 Å². The Kier molecular flexibility index (Phi) is 4.10. The van der Waals surface area contributed by atoms with Crippen LogP contribution in [0.5, 0.6) is 0 Å². The van der Waals surface area contributed by atoms with E-state index in [1.807, 2.05) is 20.8 Å². The number of carbonyl (C=O) groups excluding carboxylic acids is 2. The number of hydrogen-bond acceptors (Lipinski definition) is 4. The van der Waals surface area contributed by atoms with E-state index in [1.54, 1.807) is 23.1 Å². The largest absolute Gasteiger partial charge is 0.444 e. The molecule has 24 heavy (non-hydrogen) atoms. The van der Waals surface area contributed by atoms with Crippen molar-refractivity contribution in [3.63, 3.8) is 0 Å². The van der Waals surface area contributed by atoms with Gasteiger partial charge in [0.15, 0.2) is 0 Å². The smallest absolute Gasteiger partial charge is 0.411 e. The van der Waals surface area contributed by atoms with E-state index in [0.29, 0.717) is 16.8 Å². The molecule has 7 heteroatoms. The number of amides is 2. The zero-order chi connectivity index (χ0) is 17.7. The van der Waals surface area contributed by atoms with Crippen molar-refractivity contribution in [1.29, 1.82) is 0 Å². The van der Waals surface area contributed by atoms with Crippen LogP contribution in [-0.4, -0.2) is 39.6 Å². The van der Waals surface area contributed by atoms with Gasteiger partial charge in [-0.05, 0) is 67.1 Å². The number of hydrogen-bond donors (Lipinski definition) is 1. The summed E-state index contributed by atoms with van der Waals surface area (Å²) in [6.45, 7) is 7.59.